The summed E-state index contributed by atoms with van der Waals surface area (Å²) in [6.45, 7) is 3.24. The summed E-state index contributed by atoms with van der Waals surface area (Å²) in [5.74, 6) is 0.887. The van der Waals surface area contributed by atoms with E-state index in [0.29, 0.717) is 56.5 Å². The molecule has 1 aliphatic heterocycles. The SMILES string of the molecule is COc1ccc(CCNC(=O)[C@@H](C)N(Cc2ccccc2)C(=O)COc2ccc(S(=O)(=O)N3CCOCC3)cc2)cc1OC. The Morgan fingerprint density at radius 1 is 0.932 bits per heavy atom. The zero-order valence-electron chi connectivity index (χ0n) is 25.2. The zero-order valence-corrected chi connectivity index (χ0v) is 26.0. The summed E-state index contributed by atoms with van der Waals surface area (Å²) in [7, 11) is -0.504. The maximum absolute atomic E-state index is 13.4. The molecule has 1 aliphatic rings. The van der Waals surface area contributed by atoms with Crippen molar-refractivity contribution in [2.45, 2.75) is 30.8 Å². The lowest BCUT2D eigenvalue weighted by atomic mass is 10.1. The van der Waals surface area contributed by atoms with Crippen LogP contribution in [-0.4, -0.2) is 89.2 Å². The van der Waals surface area contributed by atoms with Gasteiger partial charge in [-0.05, 0) is 60.9 Å². The van der Waals surface area contributed by atoms with E-state index in [1.54, 1.807) is 21.1 Å². The predicted molar refractivity (Wildman–Crippen MR) is 164 cm³/mol. The molecule has 11 nitrogen and oxygen atoms in total. The standard InChI is InChI=1S/C32H39N3O8S/c1-24(32(37)33-16-15-25-9-14-29(40-2)30(21-25)41-3)35(22-26-7-5-4-6-8-26)31(36)23-43-27-10-12-28(13-11-27)44(38,39)34-17-19-42-20-18-34/h4-14,21,24H,15-20,22-23H2,1-3H3,(H,33,37)/t24-/m1/s1. The summed E-state index contributed by atoms with van der Waals surface area (Å²) in [6, 6.07) is 20.2. The van der Waals surface area contributed by atoms with Crippen LogP contribution in [0.25, 0.3) is 0 Å². The molecule has 4 rings (SSSR count). The number of ether oxygens (including phenoxy) is 4. The third-order valence-electron chi connectivity index (χ3n) is 7.32. The van der Waals surface area contributed by atoms with Crippen molar-refractivity contribution >= 4 is 21.8 Å². The molecule has 12 heteroatoms. The Labute approximate surface area is 258 Å². The number of hydrogen-bond donors (Lipinski definition) is 1. The highest BCUT2D eigenvalue weighted by atomic mass is 32.2. The Bertz CT molecular complexity index is 1490. The lowest BCUT2D eigenvalue weighted by Gasteiger charge is -2.29. The van der Waals surface area contributed by atoms with Crippen LogP contribution in [0.15, 0.2) is 77.7 Å². The number of hydrogen-bond acceptors (Lipinski definition) is 8. The van der Waals surface area contributed by atoms with Gasteiger partial charge < -0.3 is 29.2 Å². The molecule has 0 unspecified atom stereocenters. The first-order valence-electron chi connectivity index (χ1n) is 14.4. The lowest BCUT2D eigenvalue weighted by molar-refractivity contribution is -0.142. The molecule has 236 valence electrons. The molecule has 0 aliphatic carbocycles. The van der Waals surface area contributed by atoms with Gasteiger partial charge in [-0.1, -0.05) is 36.4 Å². The number of sulfonamides is 1. The third-order valence-corrected chi connectivity index (χ3v) is 9.23. The Hall–Kier alpha value is -4.13. The van der Waals surface area contributed by atoms with Crippen molar-refractivity contribution in [1.82, 2.24) is 14.5 Å². The van der Waals surface area contributed by atoms with Gasteiger partial charge in [0, 0.05) is 26.2 Å². The van der Waals surface area contributed by atoms with E-state index in [0.717, 1.165) is 11.1 Å². The maximum Gasteiger partial charge on any atom is 0.261 e. The highest BCUT2D eigenvalue weighted by molar-refractivity contribution is 7.89. The highest BCUT2D eigenvalue weighted by Crippen LogP contribution is 2.27. The van der Waals surface area contributed by atoms with Crippen LogP contribution in [0, 0.1) is 0 Å². The number of carbonyl (C=O) groups is 2. The second kappa shape index (κ2) is 15.6. The van der Waals surface area contributed by atoms with Crippen molar-refractivity contribution in [2.75, 3.05) is 53.7 Å². The van der Waals surface area contributed by atoms with Crippen LogP contribution in [0.1, 0.15) is 18.1 Å². The van der Waals surface area contributed by atoms with Crippen LogP contribution < -0.4 is 19.5 Å². The van der Waals surface area contributed by atoms with Gasteiger partial charge in [0.2, 0.25) is 15.9 Å². The summed E-state index contributed by atoms with van der Waals surface area (Å²) in [4.78, 5) is 28.2. The van der Waals surface area contributed by atoms with Crippen LogP contribution in [0.5, 0.6) is 17.2 Å². The van der Waals surface area contributed by atoms with E-state index in [4.69, 9.17) is 18.9 Å². The summed E-state index contributed by atoms with van der Waals surface area (Å²) in [5.41, 5.74) is 1.83. The van der Waals surface area contributed by atoms with Crippen molar-refractivity contribution in [2.24, 2.45) is 0 Å². The normalized spacial score (nSPS) is 14.3. The van der Waals surface area contributed by atoms with Gasteiger partial charge in [-0.25, -0.2) is 8.42 Å². The molecule has 0 bridgehead atoms. The first kappa shape index (κ1) is 32.8. The fourth-order valence-corrected chi connectivity index (χ4v) is 6.16. The van der Waals surface area contributed by atoms with Crippen LogP contribution in [0.3, 0.4) is 0 Å². The van der Waals surface area contributed by atoms with E-state index in [-0.39, 0.29) is 29.9 Å². The number of methoxy groups -OCH3 is 2. The molecule has 0 spiro atoms. The molecular formula is C32H39N3O8S. The highest BCUT2D eigenvalue weighted by Gasteiger charge is 2.28. The zero-order chi connectivity index (χ0) is 31.5. The summed E-state index contributed by atoms with van der Waals surface area (Å²) in [6.07, 6.45) is 0.561. The van der Waals surface area contributed by atoms with Crippen molar-refractivity contribution in [3.05, 3.63) is 83.9 Å². The molecule has 1 N–H and O–H groups in total. The van der Waals surface area contributed by atoms with Gasteiger partial charge in [0.1, 0.15) is 11.8 Å². The first-order chi connectivity index (χ1) is 21.2. The van der Waals surface area contributed by atoms with Gasteiger partial charge in [-0.15, -0.1) is 0 Å². The number of rotatable bonds is 14. The molecule has 2 amide bonds. The van der Waals surface area contributed by atoms with Crippen LogP contribution in [0.4, 0.5) is 0 Å². The quantitative estimate of drug-likeness (QED) is 0.290. The van der Waals surface area contributed by atoms with Gasteiger partial charge in [0.15, 0.2) is 18.1 Å². The minimum absolute atomic E-state index is 0.141. The molecule has 0 aromatic heterocycles. The molecule has 3 aromatic rings. The summed E-state index contributed by atoms with van der Waals surface area (Å²) < 4.78 is 48.8. The smallest absolute Gasteiger partial charge is 0.261 e. The van der Waals surface area contributed by atoms with Crippen LogP contribution in [0.2, 0.25) is 0 Å². The number of nitrogens with zero attached hydrogens (tertiary/aromatic N) is 2. The number of morpholine rings is 1. The maximum atomic E-state index is 13.4. The molecule has 3 aromatic carbocycles. The van der Waals surface area contributed by atoms with Gasteiger partial charge in [-0.2, -0.15) is 4.31 Å². The number of nitrogens with one attached hydrogen (secondary N) is 1. The average Bonchev–Trinajstić information content (AvgIpc) is 3.06. The first-order valence-corrected chi connectivity index (χ1v) is 15.8. The van der Waals surface area contributed by atoms with Gasteiger partial charge >= 0.3 is 0 Å². The van der Waals surface area contributed by atoms with E-state index < -0.39 is 16.1 Å². The topological polar surface area (TPSA) is 124 Å². The van der Waals surface area contributed by atoms with Crippen molar-refractivity contribution in [3.63, 3.8) is 0 Å². The molecule has 0 saturated carbocycles. The molecule has 44 heavy (non-hydrogen) atoms. The summed E-state index contributed by atoms with van der Waals surface area (Å²) >= 11 is 0. The predicted octanol–water partition coefficient (Wildman–Crippen LogP) is 2.88. The number of benzene rings is 3. The number of amides is 2. The van der Waals surface area contributed by atoms with Crippen molar-refractivity contribution in [3.8, 4) is 17.2 Å². The third kappa shape index (κ3) is 8.49. The average molecular weight is 626 g/mol. The monoisotopic (exact) mass is 625 g/mol. The molecule has 1 fully saturated rings. The minimum atomic E-state index is -3.64. The fraction of sp³-hybridized carbons (Fsp3) is 0.375. The minimum Gasteiger partial charge on any atom is -0.493 e. The summed E-state index contributed by atoms with van der Waals surface area (Å²) in [5, 5.41) is 2.92. The molecule has 1 heterocycles. The largest absolute Gasteiger partial charge is 0.493 e. The van der Waals surface area contributed by atoms with Gasteiger partial charge in [0.25, 0.3) is 5.91 Å². The van der Waals surface area contributed by atoms with Gasteiger partial charge in [-0.3, -0.25) is 9.59 Å². The molecule has 1 saturated heterocycles. The Morgan fingerprint density at radius 3 is 2.27 bits per heavy atom. The molecule has 1 atom stereocenters. The van der Waals surface area contributed by atoms with Gasteiger partial charge in [0.05, 0.1) is 32.3 Å². The fourth-order valence-electron chi connectivity index (χ4n) is 4.75. The Kier molecular flexibility index (Phi) is 11.6. The molecular weight excluding hydrogens is 586 g/mol. The van der Waals surface area contributed by atoms with E-state index in [2.05, 4.69) is 5.32 Å². The van der Waals surface area contributed by atoms with Crippen LogP contribution >= 0.6 is 0 Å². The second-order valence-electron chi connectivity index (χ2n) is 10.2. The van der Waals surface area contributed by atoms with Crippen molar-refractivity contribution < 1.29 is 37.0 Å². The molecule has 0 radical (unpaired) electrons. The Balaban J connectivity index is 1.37. The van der Waals surface area contributed by atoms with E-state index in [1.807, 2.05) is 48.5 Å². The van der Waals surface area contributed by atoms with E-state index in [1.165, 1.54) is 33.5 Å². The lowest BCUT2D eigenvalue weighted by Crippen LogP contribution is -2.49. The van der Waals surface area contributed by atoms with Crippen LogP contribution in [-0.2, 0) is 37.3 Å². The van der Waals surface area contributed by atoms with Crippen molar-refractivity contribution in [1.29, 1.82) is 0 Å². The van der Waals surface area contributed by atoms with E-state index in [9.17, 15) is 18.0 Å². The second-order valence-corrected chi connectivity index (χ2v) is 12.1. The van der Waals surface area contributed by atoms with E-state index >= 15 is 0 Å². The Morgan fingerprint density at radius 2 is 1.61 bits per heavy atom. The number of carbonyl (C=O) groups excluding carboxylic acids is 2.